The van der Waals surface area contributed by atoms with Crippen molar-refractivity contribution in [1.82, 2.24) is 5.32 Å². The van der Waals surface area contributed by atoms with Crippen molar-refractivity contribution in [1.29, 1.82) is 0 Å². The SMILES string of the molecule is C=C(CC)C(CCSC)NC. The Labute approximate surface area is 74.6 Å². The molecule has 0 spiro atoms. The molecule has 0 radical (unpaired) electrons. The van der Waals surface area contributed by atoms with Crippen molar-refractivity contribution in [2.75, 3.05) is 19.1 Å². The van der Waals surface area contributed by atoms with Crippen molar-refractivity contribution < 1.29 is 0 Å². The van der Waals surface area contributed by atoms with Crippen molar-refractivity contribution in [3.05, 3.63) is 12.2 Å². The monoisotopic (exact) mass is 173 g/mol. The van der Waals surface area contributed by atoms with Crippen LogP contribution in [0.2, 0.25) is 0 Å². The van der Waals surface area contributed by atoms with E-state index in [2.05, 4.69) is 25.1 Å². The van der Waals surface area contributed by atoms with Crippen LogP contribution in [0.5, 0.6) is 0 Å². The molecule has 0 bridgehead atoms. The highest BCUT2D eigenvalue weighted by atomic mass is 32.2. The summed E-state index contributed by atoms with van der Waals surface area (Å²) in [5, 5.41) is 3.27. The zero-order valence-electron chi connectivity index (χ0n) is 7.81. The van der Waals surface area contributed by atoms with Gasteiger partial charge in [0, 0.05) is 6.04 Å². The van der Waals surface area contributed by atoms with Gasteiger partial charge in [0.2, 0.25) is 0 Å². The van der Waals surface area contributed by atoms with Crippen LogP contribution < -0.4 is 5.32 Å². The molecule has 0 aromatic rings. The number of likely N-dealkylation sites (N-methyl/N-ethyl adjacent to an activating group) is 1. The van der Waals surface area contributed by atoms with E-state index >= 15 is 0 Å². The Balaban J connectivity index is 3.65. The fourth-order valence-electron chi connectivity index (χ4n) is 1.03. The minimum atomic E-state index is 0.521. The molecule has 66 valence electrons. The average molecular weight is 173 g/mol. The smallest absolute Gasteiger partial charge is 0.0281 e. The summed E-state index contributed by atoms with van der Waals surface area (Å²) in [5.41, 5.74) is 1.32. The van der Waals surface area contributed by atoms with E-state index in [1.54, 1.807) is 0 Å². The molecule has 0 saturated heterocycles. The van der Waals surface area contributed by atoms with Gasteiger partial charge in [-0.3, -0.25) is 0 Å². The van der Waals surface area contributed by atoms with Gasteiger partial charge in [-0.1, -0.05) is 19.1 Å². The molecule has 0 aromatic heterocycles. The lowest BCUT2D eigenvalue weighted by atomic mass is 10.0. The molecule has 1 atom stereocenters. The normalized spacial score (nSPS) is 13.0. The average Bonchev–Trinajstić information content (AvgIpc) is 2.05. The van der Waals surface area contributed by atoms with Crippen LogP contribution in [0.25, 0.3) is 0 Å². The zero-order chi connectivity index (χ0) is 8.69. The van der Waals surface area contributed by atoms with E-state index in [0.29, 0.717) is 6.04 Å². The lowest BCUT2D eigenvalue weighted by Gasteiger charge is -2.16. The third-order valence-corrected chi connectivity index (χ3v) is 2.55. The molecule has 1 nitrogen and oxygen atoms in total. The molecule has 1 unspecified atom stereocenters. The standard InChI is InChI=1S/C9H19NS/c1-5-8(2)9(10-3)6-7-11-4/h9-10H,2,5-7H2,1,3-4H3. The maximum Gasteiger partial charge on any atom is 0.0281 e. The van der Waals surface area contributed by atoms with Crippen LogP contribution >= 0.6 is 11.8 Å². The van der Waals surface area contributed by atoms with E-state index < -0.39 is 0 Å². The molecule has 0 heterocycles. The lowest BCUT2D eigenvalue weighted by molar-refractivity contribution is 0.608. The highest BCUT2D eigenvalue weighted by molar-refractivity contribution is 7.98. The van der Waals surface area contributed by atoms with Crippen molar-refractivity contribution in [2.24, 2.45) is 0 Å². The Morgan fingerprint density at radius 3 is 2.64 bits per heavy atom. The van der Waals surface area contributed by atoms with E-state index in [1.165, 1.54) is 17.7 Å². The van der Waals surface area contributed by atoms with Gasteiger partial charge in [0.15, 0.2) is 0 Å². The molecule has 0 aliphatic carbocycles. The first-order chi connectivity index (χ1) is 5.26. The molecule has 2 heteroatoms. The van der Waals surface area contributed by atoms with Gasteiger partial charge in [-0.05, 0) is 31.9 Å². The van der Waals surface area contributed by atoms with E-state index in [0.717, 1.165) is 6.42 Å². The lowest BCUT2D eigenvalue weighted by Crippen LogP contribution is -2.27. The molecule has 0 aliphatic rings. The van der Waals surface area contributed by atoms with Crippen LogP contribution in [0, 0.1) is 0 Å². The van der Waals surface area contributed by atoms with Crippen molar-refractivity contribution >= 4 is 11.8 Å². The van der Waals surface area contributed by atoms with E-state index in [1.807, 2.05) is 18.8 Å². The Kier molecular flexibility index (Phi) is 6.77. The first-order valence-corrected chi connectivity index (χ1v) is 5.49. The van der Waals surface area contributed by atoms with Gasteiger partial charge in [0.1, 0.15) is 0 Å². The predicted molar refractivity (Wildman–Crippen MR) is 55.3 cm³/mol. The second-order valence-electron chi connectivity index (χ2n) is 2.63. The maximum absolute atomic E-state index is 4.03. The largest absolute Gasteiger partial charge is 0.313 e. The zero-order valence-corrected chi connectivity index (χ0v) is 8.63. The van der Waals surface area contributed by atoms with Crippen LogP contribution in [-0.2, 0) is 0 Å². The molecular weight excluding hydrogens is 154 g/mol. The van der Waals surface area contributed by atoms with Crippen molar-refractivity contribution in [3.8, 4) is 0 Å². The van der Waals surface area contributed by atoms with Crippen LogP contribution in [0.3, 0.4) is 0 Å². The van der Waals surface area contributed by atoms with Gasteiger partial charge in [-0.15, -0.1) is 0 Å². The molecule has 11 heavy (non-hydrogen) atoms. The molecule has 0 rings (SSSR count). The summed E-state index contributed by atoms with van der Waals surface area (Å²) in [4.78, 5) is 0. The van der Waals surface area contributed by atoms with Gasteiger partial charge < -0.3 is 5.32 Å². The summed E-state index contributed by atoms with van der Waals surface area (Å²) in [7, 11) is 2.01. The molecule has 0 saturated carbocycles. The van der Waals surface area contributed by atoms with E-state index in [9.17, 15) is 0 Å². The second-order valence-corrected chi connectivity index (χ2v) is 3.62. The molecule has 0 aliphatic heterocycles. The first kappa shape index (κ1) is 11.1. The molecule has 0 fully saturated rings. The van der Waals surface area contributed by atoms with Gasteiger partial charge in [0.05, 0.1) is 0 Å². The molecule has 1 N–H and O–H groups in total. The minimum absolute atomic E-state index is 0.521. The fourth-order valence-corrected chi connectivity index (χ4v) is 1.51. The van der Waals surface area contributed by atoms with Gasteiger partial charge >= 0.3 is 0 Å². The summed E-state index contributed by atoms with van der Waals surface area (Å²) >= 11 is 1.89. The number of rotatable bonds is 6. The van der Waals surface area contributed by atoms with Gasteiger partial charge in [-0.2, -0.15) is 11.8 Å². The first-order valence-electron chi connectivity index (χ1n) is 4.10. The van der Waals surface area contributed by atoms with Crippen molar-refractivity contribution in [3.63, 3.8) is 0 Å². The highest BCUT2D eigenvalue weighted by Crippen LogP contribution is 2.10. The number of nitrogens with one attached hydrogen (secondary N) is 1. The number of hydrogen-bond acceptors (Lipinski definition) is 2. The maximum atomic E-state index is 4.03. The fraction of sp³-hybridized carbons (Fsp3) is 0.778. The second kappa shape index (κ2) is 6.74. The third-order valence-electron chi connectivity index (χ3n) is 1.91. The van der Waals surface area contributed by atoms with E-state index in [4.69, 9.17) is 0 Å². The number of hydrogen-bond donors (Lipinski definition) is 1. The third kappa shape index (κ3) is 4.49. The summed E-state index contributed by atoms with van der Waals surface area (Å²) in [6.07, 6.45) is 4.42. The van der Waals surface area contributed by atoms with Crippen molar-refractivity contribution in [2.45, 2.75) is 25.8 Å². The predicted octanol–water partition coefficient (Wildman–Crippen LogP) is 2.29. The van der Waals surface area contributed by atoms with E-state index in [-0.39, 0.29) is 0 Å². The highest BCUT2D eigenvalue weighted by Gasteiger charge is 2.06. The summed E-state index contributed by atoms with van der Waals surface area (Å²) < 4.78 is 0. The van der Waals surface area contributed by atoms with Crippen LogP contribution in [0.15, 0.2) is 12.2 Å². The summed E-state index contributed by atoms with van der Waals surface area (Å²) in [5.74, 6) is 1.21. The van der Waals surface area contributed by atoms with Gasteiger partial charge in [0.25, 0.3) is 0 Å². The van der Waals surface area contributed by atoms with Gasteiger partial charge in [-0.25, -0.2) is 0 Å². The molecule has 0 aromatic carbocycles. The quantitative estimate of drug-likeness (QED) is 0.619. The topological polar surface area (TPSA) is 12.0 Å². The summed E-state index contributed by atoms with van der Waals surface area (Å²) in [6.45, 7) is 6.18. The van der Waals surface area contributed by atoms with Crippen LogP contribution in [-0.4, -0.2) is 25.1 Å². The van der Waals surface area contributed by atoms with Crippen LogP contribution in [0.4, 0.5) is 0 Å². The Hall–Kier alpha value is 0.0500. The molecular formula is C9H19NS. The Morgan fingerprint density at radius 2 is 2.27 bits per heavy atom. The summed E-state index contributed by atoms with van der Waals surface area (Å²) in [6, 6.07) is 0.521. The minimum Gasteiger partial charge on any atom is -0.313 e. The number of thioether (sulfide) groups is 1. The van der Waals surface area contributed by atoms with Crippen LogP contribution in [0.1, 0.15) is 19.8 Å². The molecule has 0 amide bonds. The Morgan fingerprint density at radius 1 is 1.64 bits per heavy atom. The Bertz CT molecular complexity index is 112.